The van der Waals surface area contributed by atoms with Crippen molar-refractivity contribution in [1.82, 2.24) is 15.1 Å². The highest BCUT2D eigenvalue weighted by Crippen LogP contribution is 2.10. The predicted octanol–water partition coefficient (Wildman–Crippen LogP) is 1.69. The number of amides is 1. The van der Waals surface area contributed by atoms with Gasteiger partial charge in [0.2, 0.25) is 5.91 Å². The summed E-state index contributed by atoms with van der Waals surface area (Å²) in [5, 5.41) is 7.46. The molecule has 2 rings (SSSR count). The second-order valence-electron chi connectivity index (χ2n) is 5.22. The number of hydrogen-bond donors (Lipinski definition) is 1. The maximum absolute atomic E-state index is 11.8. The molecule has 0 aliphatic rings. The van der Waals surface area contributed by atoms with Crippen LogP contribution in [0.3, 0.4) is 0 Å². The molecule has 1 amide bonds. The number of sulfone groups is 1. The van der Waals surface area contributed by atoms with Crippen LogP contribution in [0.25, 0.3) is 0 Å². The van der Waals surface area contributed by atoms with E-state index in [0.29, 0.717) is 18.1 Å². The van der Waals surface area contributed by atoms with Crippen LogP contribution >= 0.6 is 11.6 Å². The zero-order chi connectivity index (χ0) is 16.9. The van der Waals surface area contributed by atoms with Crippen molar-refractivity contribution in [3.8, 4) is 0 Å². The highest BCUT2D eigenvalue weighted by Gasteiger charge is 2.08. The number of carbonyl (C=O) groups excluding carboxylic acids is 1. The van der Waals surface area contributed by atoms with E-state index in [1.165, 1.54) is 12.1 Å². The molecule has 23 heavy (non-hydrogen) atoms. The average Bonchev–Trinajstić information content (AvgIpc) is 2.89. The Hall–Kier alpha value is -1.86. The first kappa shape index (κ1) is 17.5. The highest BCUT2D eigenvalue weighted by atomic mass is 35.5. The van der Waals surface area contributed by atoms with Crippen LogP contribution in [0.1, 0.15) is 12.0 Å². The second-order valence-corrected chi connectivity index (χ2v) is 7.67. The molecular weight excluding hydrogens is 338 g/mol. The number of nitrogens with one attached hydrogen (secondary N) is 1. The van der Waals surface area contributed by atoms with Crippen molar-refractivity contribution in [3.63, 3.8) is 0 Å². The Morgan fingerprint density at radius 3 is 2.57 bits per heavy atom. The van der Waals surface area contributed by atoms with Gasteiger partial charge in [-0.1, -0.05) is 23.7 Å². The standard InChI is InChI=1S/C15H18ClN3O3S/c1-23(21,22)14-5-3-12(4-6-14)9-15(20)17-7-2-8-19-11-13(16)10-18-19/h3-6,10-11H,2,7-9H2,1H3,(H,17,20). The number of hydrogen-bond acceptors (Lipinski definition) is 4. The molecule has 2 aromatic rings. The first-order chi connectivity index (χ1) is 10.8. The van der Waals surface area contributed by atoms with Crippen molar-refractivity contribution in [2.24, 2.45) is 0 Å². The van der Waals surface area contributed by atoms with E-state index in [-0.39, 0.29) is 17.2 Å². The smallest absolute Gasteiger partial charge is 0.224 e. The summed E-state index contributed by atoms with van der Waals surface area (Å²) in [5.74, 6) is -0.101. The van der Waals surface area contributed by atoms with Crippen LogP contribution in [0, 0.1) is 0 Å². The molecule has 0 unspecified atom stereocenters. The maximum atomic E-state index is 11.8. The molecule has 1 aromatic heterocycles. The first-order valence-corrected chi connectivity index (χ1v) is 9.35. The molecule has 0 saturated carbocycles. The van der Waals surface area contributed by atoms with Gasteiger partial charge in [-0.3, -0.25) is 9.48 Å². The van der Waals surface area contributed by atoms with Crippen molar-refractivity contribution in [3.05, 3.63) is 47.2 Å². The highest BCUT2D eigenvalue weighted by molar-refractivity contribution is 7.90. The molecule has 0 atom stereocenters. The van der Waals surface area contributed by atoms with E-state index < -0.39 is 9.84 Å². The lowest BCUT2D eigenvalue weighted by Gasteiger charge is -2.06. The van der Waals surface area contributed by atoms with E-state index in [1.54, 1.807) is 29.2 Å². The number of halogens is 1. The molecule has 0 aliphatic heterocycles. The van der Waals surface area contributed by atoms with Crippen molar-refractivity contribution in [2.45, 2.75) is 24.3 Å². The van der Waals surface area contributed by atoms with Gasteiger partial charge in [0, 0.05) is 25.5 Å². The Morgan fingerprint density at radius 1 is 1.30 bits per heavy atom. The number of carbonyl (C=O) groups is 1. The van der Waals surface area contributed by atoms with Gasteiger partial charge < -0.3 is 5.32 Å². The summed E-state index contributed by atoms with van der Waals surface area (Å²) in [6.45, 7) is 1.22. The van der Waals surface area contributed by atoms with Gasteiger partial charge in [0.1, 0.15) is 0 Å². The van der Waals surface area contributed by atoms with E-state index in [1.807, 2.05) is 0 Å². The molecule has 6 nitrogen and oxygen atoms in total. The quantitative estimate of drug-likeness (QED) is 0.766. The average molecular weight is 356 g/mol. The number of aryl methyl sites for hydroxylation is 1. The fourth-order valence-electron chi connectivity index (χ4n) is 2.03. The molecule has 1 heterocycles. The Labute approximate surface area is 140 Å². The van der Waals surface area contributed by atoms with Crippen LogP contribution in [0.5, 0.6) is 0 Å². The molecule has 0 saturated heterocycles. The maximum Gasteiger partial charge on any atom is 0.224 e. The summed E-state index contributed by atoms with van der Waals surface area (Å²) >= 11 is 5.76. The lowest BCUT2D eigenvalue weighted by atomic mass is 10.1. The van der Waals surface area contributed by atoms with Crippen LogP contribution in [0.15, 0.2) is 41.6 Å². The molecule has 0 fully saturated rings. The summed E-state index contributed by atoms with van der Waals surface area (Å²) in [7, 11) is -3.21. The van der Waals surface area contributed by atoms with Crippen molar-refractivity contribution >= 4 is 27.3 Å². The summed E-state index contributed by atoms with van der Waals surface area (Å²) < 4.78 is 24.4. The van der Waals surface area contributed by atoms with Gasteiger partial charge >= 0.3 is 0 Å². The molecule has 1 aromatic carbocycles. The number of aromatic nitrogens is 2. The Kier molecular flexibility index (Phi) is 5.79. The molecule has 0 bridgehead atoms. The monoisotopic (exact) mass is 355 g/mol. The molecule has 0 radical (unpaired) electrons. The molecule has 8 heteroatoms. The summed E-state index contributed by atoms with van der Waals surface area (Å²) in [4.78, 5) is 12.1. The van der Waals surface area contributed by atoms with Crippen LogP contribution in [0.2, 0.25) is 5.02 Å². The predicted molar refractivity (Wildman–Crippen MR) is 88.1 cm³/mol. The summed E-state index contributed by atoms with van der Waals surface area (Å²) in [6.07, 6.45) is 5.42. The zero-order valence-corrected chi connectivity index (χ0v) is 14.3. The molecule has 1 N–H and O–H groups in total. The van der Waals surface area contributed by atoms with Crippen molar-refractivity contribution in [2.75, 3.05) is 12.8 Å². The van der Waals surface area contributed by atoms with Gasteiger partial charge in [-0.05, 0) is 24.1 Å². The SMILES string of the molecule is CS(=O)(=O)c1ccc(CC(=O)NCCCn2cc(Cl)cn2)cc1. The van der Waals surface area contributed by atoms with E-state index in [0.717, 1.165) is 18.2 Å². The largest absolute Gasteiger partial charge is 0.356 e. The van der Waals surface area contributed by atoms with Crippen LogP contribution in [-0.2, 0) is 27.6 Å². The van der Waals surface area contributed by atoms with E-state index >= 15 is 0 Å². The minimum absolute atomic E-state index is 0.101. The lowest BCUT2D eigenvalue weighted by Crippen LogP contribution is -2.26. The summed E-state index contributed by atoms with van der Waals surface area (Å²) in [5.41, 5.74) is 0.772. The summed E-state index contributed by atoms with van der Waals surface area (Å²) in [6, 6.07) is 6.34. The number of benzene rings is 1. The fourth-order valence-corrected chi connectivity index (χ4v) is 2.82. The van der Waals surface area contributed by atoms with E-state index in [4.69, 9.17) is 11.6 Å². The Bertz CT molecular complexity index is 770. The zero-order valence-electron chi connectivity index (χ0n) is 12.7. The molecule has 124 valence electrons. The normalized spacial score (nSPS) is 11.4. The minimum atomic E-state index is -3.21. The van der Waals surface area contributed by atoms with E-state index in [9.17, 15) is 13.2 Å². The van der Waals surface area contributed by atoms with Crippen molar-refractivity contribution in [1.29, 1.82) is 0 Å². The number of nitrogens with zero attached hydrogens (tertiary/aromatic N) is 2. The minimum Gasteiger partial charge on any atom is -0.356 e. The Balaban J connectivity index is 1.74. The lowest BCUT2D eigenvalue weighted by molar-refractivity contribution is -0.120. The van der Waals surface area contributed by atoms with E-state index in [2.05, 4.69) is 10.4 Å². The van der Waals surface area contributed by atoms with Gasteiger partial charge in [-0.2, -0.15) is 5.10 Å². The van der Waals surface area contributed by atoms with Crippen LogP contribution in [0.4, 0.5) is 0 Å². The third-order valence-corrected chi connectivity index (χ3v) is 4.53. The molecule has 0 spiro atoms. The first-order valence-electron chi connectivity index (χ1n) is 7.08. The Morgan fingerprint density at radius 2 is 2.00 bits per heavy atom. The van der Waals surface area contributed by atoms with Gasteiger partial charge in [0.15, 0.2) is 9.84 Å². The molecule has 0 aliphatic carbocycles. The van der Waals surface area contributed by atoms with Gasteiger partial charge in [-0.15, -0.1) is 0 Å². The van der Waals surface area contributed by atoms with Gasteiger partial charge in [-0.25, -0.2) is 8.42 Å². The molecular formula is C15H18ClN3O3S. The fraction of sp³-hybridized carbons (Fsp3) is 0.333. The van der Waals surface area contributed by atoms with Crippen molar-refractivity contribution < 1.29 is 13.2 Å². The second kappa shape index (κ2) is 7.61. The van der Waals surface area contributed by atoms with Gasteiger partial charge in [0.05, 0.1) is 22.5 Å². The van der Waals surface area contributed by atoms with Crippen LogP contribution < -0.4 is 5.32 Å². The van der Waals surface area contributed by atoms with Crippen LogP contribution in [-0.4, -0.2) is 36.9 Å². The number of rotatable bonds is 7. The van der Waals surface area contributed by atoms with Gasteiger partial charge in [0.25, 0.3) is 0 Å². The third kappa shape index (κ3) is 5.69. The third-order valence-electron chi connectivity index (χ3n) is 3.20. The topological polar surface area (TPSA) is 81.1 Å².